The Morgan fingerprint density at radius 2 is 1.56 bits per heavy atom. The second-order valence-corrected chi connectivity index (χ2v) is 5.67. The third-order valence-corrected chi connectivity index (χ3v) is 4.33. The zero-order valence-corrected chi connectivity index (χ0v) is 10.5. The van der Waals surface area contributed by atoms with Crippen molar-refractivity contribution < 1.29 is 9.53 Å². The largest absolute Gasteiger partial charge is 0.461 e. The summed E-state index contributed by atoms with van der Waals surface area (Å²) >= 11 is 6.19. The van der Waals surface area contributed by atoms with Crippen LogP contribution in [0, 0.1) is 5.92 Å². The van der Waals surface area contributed by atoms with E-state index in [1.54, 1.807) is 0 Å². The van der Waals surface area contributed by atoms with Gasteiger partial charge in [0.05, 0.1) is 11.3 Å². The van der Waals surface area contributed by atoms with E-state index >= 15 is 0 Å². The predicted molar refractivity (Wildman–Crippen MR) is 64.6 cm³/mol. The first kappa shape index (κ1) is 12.2. The van der Waals surface area contributed by atoms with Crippen molar-refractivity contribution in [1.82, 2.24) is 0 Å². The number of hydrogen-bond donors (Lipinski definition) is 0. The summed E-state index contributed by atoms with van der Waals surface area (Å²) in [5, 5.41) is 0.0429. The highest BCUT2D eigenvalue weighted by atomic mass is 35.5. The molecule has 2 aliphatic carbocycles. The van der Waals surface area contributed by atoms with Gasteiger partial charge in [0, 0.05) is 0 Å². The zero-order valence-electron chi connectivity index (χ0n) is 9.79. The third kappa shape index (κ3) is 3.13. The van der Waals surface area contributed by atoms with E-state index in [2.05, 4.69) is 0 Å². The standard InChI is InChI=1S/C13H21ClO2/c14-11-8-4-5-9-12(11)16-13(15)10-6-2-1-3-7-10/h10-12H,1-9H2/t11-,12-/m1/s1. The first-order valence-electron chi connectivity index (χ1n) is 6.62. The molecule has 2 aliphatic rings. The summed E-state index contributed by atoms with van der Waals surface area (Å²) in [7, 11) is 0. The van der Waals surface area contributed by atoms with Crippen molar-refractivity contribution in [3.05, 3.63) is 0 Å². The van der Waals surface area contributed by atoms with Crippen molar-refractivity contribution in [2.75, 3.05) is 0 Å². The van der Waals surface area contributed by atoms with Crippen molar-refractivity contribution >= 4 is 17.6 Å². The summed E-state index contributed by atoms with van der Waals surface area (Å²) in [6.45, 7) is 0. The number of carbonyl (C=O) groups is 1. The van der Waals surface area contributed by atoms with Gasteiger partial charge in [-0.05, 0) is 32.1 Å². The lowest BCUT2D eigenvalue weighted by Crippen LogP contribution is -2.33. The Kier molecular flexibility index (Phi) is 4.51. The molecule has 0 unspecified atom stereocenters. The van der Waals surface area contributed by atoms with Gasteiger partial charge >= 0.3 is 5.97 Å². The molecule has 0 saturated heterocycles. The van der Waals surface area contributed by atoms with E-state index < -0.39 is 0 Å². The minimum Gasteiger partial charge on any atom is -0.461 e. The van der Waals surface area contributed by atoms with Crippen molar-refractivity contribution in [2.45, 2.75) is 69.3 Å². The fraction of sp³-hybridized carbons (Fsp3) is 0.923. The molecule has 2 atom stereocenters. The molecule has 3 heteroatoms. The third-order valence-electron chi connectivity index (χ3n) is 3.83. The van der Waals surface area contributed by atoms with Crippen molar-refractivity contribution in [1.29, 1.82) is 0 Å². The quantitative estimate of drug-likeness (QED) is 0.547. The van der Waals surface area contributed by atoms with Crippen LogP contribution in [0.15, 0.2) is 0 Å². The molecule has 0 radical (unpaired) electrons. The van der Waals surface area contributed by atoms with Gasteiger partial charge in [-0.25, -0.2) is 0 Å². The molecule has 0 aliphatic heterocycles. The molecule has 0 aromatic heterocycles. The summed E-state index contributed by atoms with van der Waals surface area (Å²) in [6, 6.07) is 0. The van der Waals surface area contributed by atoms with E-state index in [1.807, 2.05) is 0 Å². The van der Waals surface area contributed by atoms with Gasteiger partial charge in [0.1, 0.15) is 6.10 Å². The van der Waals surface area contributed by atoms with Gasteiger partial charge in [-0.1, -0.05) is 25.7 Å². The van der Waals surface area contributed by atoms with Crippen LogP contribution >= 0.6 is 11.6 Å². The van der Waals surface area contributed by atoms with E-state index in [9.17, 15) is 4.79 Å². The van der Waals surface area contributed by atoms with E-state index in [-0.39, 0.29) is 23.4 Å². The second-order valence-electron chi connectivity index (χ2n) is 5.11. The van der Waals surface area contributed by atoms with Crippen LogP contribution in [-0.4, -0.2) is 17.5 Å². The molecule has 0 amide bonds. The molecule has 2 rings (SSSR count). The zero-order chi connectivity index (χ0) is 11.4. The van der Waals surface area contributed by atoms with Crippen molar-refractivity contribution in [2.24, 2.45) is 5.92 Å². The summed E-state index contributed by atoms with van der Waals surface area (Å²) in [5.74, 6) is 0.164. The molecular formula is C13H21ClO2. The molecule has 0 aromatic carbocycles. The lowest BCUT2D eigenvalue weighted by atomic mass is 9.89. The molecule has 92 valence electrons. The van der Waals surface area contributed by atoms with Crippen LogP contribution in [0.4, 0.5) is 0 Å². The van der Waals surface area contributed by atoms with Gasteiger partial charge in [0.15, 0.2) is 0 Å². The minimum absolute atomic E-state index is 0.0113. The smallest absolute Gasteiger partial charge is 0.309 e. The first-order valence-corrected chi connectivity index (χ1v) is 7.05. The number of alkyl halides is 1. The van der Waals surface area contributed by atoms with Gasteiger partial charge in [0.2, 0.25) is 0 Å². The Morgan fingerprint density at radius 3 is 2.25 bits per heavy atom. The Balaban J connectivity index is 1.80. The van der Waals surface area contributed by atoms with E-state index in [0.717, 1.165) is 32.1 Å². The fourth-order valence-corrected chi connectivity index (χ4v) is 3.10. The predicted octanol–water partition coefficient (Wildman–Crippen LogP) is 3.66. The second kappa shape index (κ2) is 5.90. The summed E-state index contributed by atoms with van der Waals surface area (Å²) in [5.41, 5.74) is 0. The Labute approximate surface area is 103 Å². The highest BCUT2D eigenvalue weighted by molar-refractivity contribution is 6.21. The maximum Gasteiger partial charge on any atom is 0.309 e. The van der Waals surface area contributed by atoms with E-state index in [0.29, 0.717) is 0 Å². The number of halogens is 1. The number of esters is 1. The van der Waals surface area contributed by atoms with E-state index in [1.165, 1.54) is 25.7 Å². The van der Waals surface area contributed by atoms with Crippen LogP contribution in [0.2, 0.25) is 0 Å². The molecular weight excluding hydrogens is 224 g/mol. The molecule has 2 saturated carbocycles. The highest BCUT2D eigenvalue weighted by Gasteiger charge is 2.30. The lowest BCUT2D eigenvalue weighted by Gasteiger charge is -2.29. The molecule has 0 aromatic rings. The number of carbonyl (C=O) groups excluding carboxylic acids is 1. The maximum atomic E-state index is 11.9. The van der Waals surface area contributed by atoms with Crippen molar-refractivity contribution in [3.63, 3.8) is 0 Å². The molecule has 0 N–H and O–H groups in total. The number of ether oxygens (including phenoxy) is 1. The van der Waals surface area contributed by atoms with Crippen LogP contribution in [-0.2, 0) is 9.53 Å². The molecule has 2 fully saturated rings. The van der Waals surface area contributed by atoms with Crippen LogP contribution in [0.1, 0.15) is 57.8 Å². The Bertz CT molecular complexity index is 236. The van der Waals surface area contributed by atoms with Gasteiger partial charge in [-0.15, -0.1) is 11.6 Å². The highest BCUT2D eigenvalue weighted by Crippen LogP contribution is 2.29. The molecule has 2 nitrogen and oxygen atoms in total. The van der Waals surface area contributed by atoms with Gasteiger partial charge in [-0.2, -0.15) is 0 Å². The Morgan fingerprint density at radius 1 is 0.938 bits per heavy atom. The van der Waals surface area contributed by atoms with Crippen LogP contribution in [0.3, 0.4) is 0 Å². The van der Waals surface area contributed by atoms with E-state index in [4.69, 9.17) is 16.3 Å². The summed E-state index contributed by atoms with van der Waals surface area (Å²) < 4.78 is 5.57. The minimum atomic E-state index is -0.0233. The monoisotopic (exact) mass is 244 g/mol. The van der Waals surface area contributed by atoms with Gasteiger partial charge in [0.25, 0.3) is 0 Å². The normalized spacial score (nSPS) is 32.3. The number of rotatable bonds is 2. The molecule has 0 heterocycles. The van der Waals surface area contributed by atoms with Crippen molar-refractivity contribution in [3.8, 4) is 0 Å². The number of hydrogen-bond acceptors (Lipinski definition) is 2. The van der Waals surface area contributed by atoms with Gasteiger partial charge < -0.3 is 4.74 Å². The average molecular weight is 245 g/mol. The Hall–Kier alpha value is -0.240. The molecule has 16 heavy (non-hydrogen) atoms. The summed E-state index contributed by atoms with van der Waals surface area (Å²) in [6.07, 6.45) is 9.88. The SMILES string of the molecule is O=C(O[C@@H]1CCCC[C@H]1Cl)C1CCCCC1. The van der Waals surface area contributed by atoms with Gasteiger partial charge in [-0.3, -0.25) is 4.79 Å². The van der Waals surface area contributed by atoms with Crippen LogP contribution in [0.5, 0.6) is 0 Å². The lowest BCUT2D eigenvalue weighted by molar-refractivity contribution is -0.156. The fourth-order valence-electron chi connectivity index (χ4n) is 2.77. The average Bonchev–Trinajstić information content (AvgIpc) is 2.33. The van der Waals surface area contributed by atoms with Crippen LogP contribution < -0.4 is 0 Å². The molecule has 0 spiro atoms. The first-order chi connectivity index (χ1) is 7.77. The maximum absolute atomic E-state index is 11.9. The van der Waals surface area contributed by atoms with Crippen LogP contribution in [0.25, 0.3) is 0 Å². The molecule has 0 bridgehead atoms. The summed E-state index contributed by atoms with van der Waals surface area (Å²) in [4.78, 5) is 11.9. The topological polar surface area (TPSA) is 26.3 Å².